The normalized spacial score (nSPS) is 19.0. The number of hydrogen-bond acceptors (Lipinski definition) is 8. The number of nitrogen functional groups attached to an aromatic ring is 1. The number of piperidine rings is 1. The fourth-order valence-corrected chi connectivity index (χ4v) is 5.50. The molecule has 3 N–H and O–H groups in total. The van der Waals surface area contributed by atoms with Crippen molar-refractivity contribution in [1.29, 1.82) is 0 Å². The standard InChI is InChI=1S/C32H31ClN6O3/c1-32(2,3)42-31(40)39-15-24-22(25(24)16-39)9-7-19-8-10-23-28(12-19)36-18-37-30(23)38-21-13-26(33)29(27(34)14-21)41-17-20-6-4-5-11-35-20/h4-6,8,10-14,18,22,24-25H,15-17,34H2,1-3H3,(H,36,37,38). The van der Waals surface area contributed by atoms with E-state index in [1.165, 1.54) is 6.33 Å². The molecular weight excluding hydrogens is 552 g/mol. The third-order valence-electron chi connectivity index (χ3n) is 7.29. The summed E-state index contributed by atoms with van der Waals surface area (Å²) >= 11 is 6.52. The van der Waals surface area contributed by atoms with E-state index < -0.39 is 5.60 Å². The lowest BCUT2D eigenvalue weighted by atomic mass is 10.1. The number of pyridine rings is 1. The van der Waals surface area contributed by atoms with Crippen molar-refractivity contribution in [3.05, 3.63) is 77.3 Å². The summed E-state index contributed by atoms with van der Waals surface area (Å²) in [6.07, 6.45) is 2.97. The van der Waals surface area contributed by atoms with Crippen LogP contribution in [-0.2, 0) is 11.3 Å². The number of carbonyl (C=O) groups excluding carboxylic acids is 1. The van der Waals surface area contributed by atoms with Gasteiger partial charge in [0.1, 0.15) is 24.4 Å². The zero-order chi connectivity index (χ0) is 29.4. The van der Waals surface area contributed by atoms with Gasteiger partial charge in [-0.2, -0.15) is 0 Å². The fraction of sp³-hybridized carbons (Fsp3) is 0.312. The Morgan fingerprint density at radius 1 is 1.12 bits per heavy atom. The average Bonchev–Trinajstić information content (AvgIpc) is 3.38. The Kier molecular flexibility index (Phi) is 7.25. The SMILES string of the molecule is CC(C)(C)OC(=O)N1CC2C(C#Cc3ccc4c(Nc5cc(N)c(OCc6ccccn6)c(Cl)c5)ncnc4c3)C2C1. The topological polar surface area (TPSA) is 115 Å². The van der Waals surface area contributed by atoms with Gasteiger partial charge in [0.25, 0.3) is 0 Å². The van der Waals surface area contributed by atoms with Crippen LogP contribution in [0, 0.1) is 29.6 Å². The second-order valence-corrected chi connectivity index (χ2v) is 12.0. The number of carbonyl (C=O) groups is 1. The first kappa shape index (κ1) is 27.6. The first-order valence-corrected chi connectivity index (χ1v) is 14.2. The second-order valence-electron chi connectivity index (χ2n) is 11.6. The Hall–Kier alpha value is -4.55. The molecule has 2 atom stereocenters. The summed E-state index contributed by atoms with van der Waals surface area (Å²) in [5.74, 6) is 8.86. The molecule has 4 aromatic rings. The zero-order valence-electron chi connectivity index (χ0n) is 23.6. The van der Waals surface area contributed by atoms with Crippen LogP contribution in [0.25, 0.3) is 10.9 Å². The minimum absolute atomic E-state index is 0.241. The molecule has 1 aliphatic carbocycles. The maximum atomic E-state index is 12.3. The van der Waals surface area contributed by atoms with Crippen LogP contribution < -0.4 is 15.8 Å². The lowest BCUT2D eigenvalue weighted by Gasteiger charge is -2.25. The number of fused-ring (bicyclic) bond motifs is 2. The molecule has 1 aliphatic heterocycles. The summed E-state index contributed by atoms with van der Waals surface area (Å²) in [7, 11) is 0. The van der Waals surface area contributed by atoms with Gasteiger partial charge in [-0.25, -0.2) is 14.8 Å². The van der Waals surface area contributed by atoms with Gasteiger partial charge in [-0.1, -0.05) is 29.5 Å². The number of anilines is 3. The van der Waals surface area contributed by atoms with Crippen molar-refractivity contribution in [1.82, 2.24) is 19.9 Å². The molecule has 0 radical (unpaired) electrons. The van der Waals surface area contributed by atoms with Crippen LogP contribution in [0.5, 0.6) is 5.75 Å². The minimum atomic E-state index is -0.487. The molecular formula is C32H31ClN6O3. The van der Waals surface area contributed by atoms with Crippen molar-refractivity contribution < 1.29 is 14.3 Å². The number of likely N-dealkylation sites (tertiary alicyclic amines) is 1. The highest BCUT2D eigenvalue weighted by molar-refractivity contribution is 6.32. The smallest absolute Gasteiger partial charge is 0.410 e. The number of aromatic nitrogens is 3. The van der Waals surface area contributed by atoms with Gasteiger partial charge >= 0.3 is 6.09 Å². The molecule has 42 heavy (non-hydrogen) atoms. The van der Waals surface area contributed by atoms with Gasteiger partial charge in [0, 0.05) is 41.8 Å². The molecule has 214 valence electrons. The molecule has 2 aromatic heterocycles. The third kappa shape index (κ3) is 6.04. The Bertz CT molecular complexity index is 1680. The van der Waals surface area contributed by atoms with Crippen molar-refractivity contribution in [3.8, 4) is 17.6 Å². The summed E-state index contributed by atoms with van der Waals surface area (Å²) < 4.78 is 11.3. The molecule has 10 heteroatoms. The Morgan fingerprint density at radius 3 is 2.64 bits per heavy atom. The number of halogens is 1. The lowest BCUT2D eigenvalue weighted by molar-refractivity contribution is 0.0269. The Morgan fingerprint density at radius 2 is 1.93 bits per heavy atom. The van der Waals surface area contributed by atoms with Crippen LogP contribution in [0.1, 0.15) is 32.0 Å². The van der Waals surface area contributed by atoms with Crippen molar-refractivity contribution >= 4 is 45.8 Å². The van der Waals surface area contributed by atoms with Crippen molar-refractivity contribution in [3.63, 3.8) is 0 Å². The number of nitrogens with zero attached hydrogens (tertiary/aromatic N) is 4. The van der Waals surface area contributed by atoms with Gasteiger partial charge in [-0.15, -0.1) is 0 Å². The number of benzene rings is 2. The fourth-order valence-electron chi connectivity index (χ4n) is 5.22. The highest BCUT2D eigenvalue weighted by atomic mass is 35.5. The van der Waals surface area contributed by atoms with E-state index in [0.29, 0.717) is 58.8 Å². The van der Waals surface area contributed by atoms with E-state index >= 15 is 0 Å². The van der Waals surface area contributed by atoms with E-state index in [0.717, 1.165) is 22.2 Å². The third-order valence-corrected chi connectivity index (χ3v) is 7.57. The number of nitrogens with one attached hydrogen (secondary N) is 1. The molecule has 0 spiro atoms. The molecule has 9 nitrogen and oxygen atoms in total. The first-order valence-electron chi connectivity index (χ1n) is 13.8. The van der Waals surface area contributed by atoms with E-state index in [1.807, 2.05) is 57.2 Å². The predicted molar refractivity (Wildman–Crippen MR) is 162 cm³/mol. The lowest BCUT2D eigenvalue weighted by Crippen LogP contribution is -2.37. The molecule has 1 amide bonds. The number of hydrogen-bond donors (Lipinski definition) is 2. The maximum absolute atomic E-state index is 12.3. The summed E-state index contributed by atoms with van der Waals surface area (Å²) in [6, 6.07) is 15.0. The summed E-state index contributed by atoms with van der Waals surface area (Å²) in [6.45, 7) is 7.30. The highest BCUT2D eigenvalue weighted by Crippen LogP contribution is 2.51. The van der Waals surface area contributed by atoms with Gasteiger partial charge in [-0.3, -0.25) is 4.98 Å². The molecule has 1 saturated heterocycles. The zero-order valence-corrected chi connectivity index (χ0v) is 24.4. The summed E-state index contributed by atoms with van der Waals surface area (Å²) in [4.78, 5) is 27.3. The number of nitrogens with two attached hydrogens (primary N) is 1. The molecule has 2 aliphatic rings. The average molecular weight is 583 g/mol. The molecule has 6 rings (SSSR count). The van der Waals surface area contributed by atoms with Crippen LogP contribution in [-0.4, -0.2) is 44.6 Å². The highest BCUT2D eigenvalue weighted by Gasteiger charge is 2.56. The van der Waals surface area contributed by atoms with Gasteiger partial charge < -0.3 is 25.4 Å². The van der Waals surface area contributed by atoms with Crippen molar-refractivity contribution in [2.45, 2.75) is 33.0 Å². The largest absolute Gasteiger partial charge is 0.484 e. The van der Waals surface area contributed by atoms with Gasteiger partial charge in [0.15, 0.2) is 5.75 Å². The molecule has 3 heterocycles. The minimum Gasteiger partial charge on any atom is -0.484 e. The van der Waals surface area contributed by atoms with Crippen LogP contribution >= 0.6 is 11.6 Å². The first-order chi connectivity index (χ1) is 20.1. The molecule has 1 saturated carbocycles. The Balaban J connectivity index is 1.11. The maximum Gasteiger partial charge on any atom is 0.410 e. The van der Waals surface area contributed by atoms with Crippen LogP contribution in [0.2, 0.25) is 5.02 Å². The van der Waals surface area contributed by atoms with Crippen LogP contribution in [0.3, 0.4) is 0 Å². The predicted octanol–water partition coefficient (Wildman–Crippen LogP) is 6.05. The Labute approximate surface area is 249 Å². The molecule has 2 unspecified atom stereocenters. The van der Waals surface area contributed by atoms with Crippen molar-refractivity contribution in [2.24, 2.45) is 17.8 Å². The molecule has 2 fully saturated rings. The van der Waals surface area contributed by atoms with Crippen molar-refractivity contribution in [2.75, 3.05) is 24.1 Å². The van der Waals surface area contributed by atoms with E-state index in [4.69, 9.17) is 26.8 Å². The van der Waals surface area contributed by atoms with Gasteiger partial charge in [0.2, 0.25) is 0 Å². The van der Waals surface area contributed by atoms with Crippen LogP contribution in [0.4, 0.5) is 22.0 Å². The molecule has 2 aromatic carbocycles. The summed E-state index contributed by atoms with van der Waals surface area (Å²) in [5.41, 5.74) is 9.27. The molecule has 0 bridgehead atoms. The van der Waals surface area contributed by atoms with Gasteiger partial charge in [-0.05, 0) is 75.1 Å². The number of amides is 1. The van der Waals surface area contributed by atoms with Gasteiger partial charge in [0.05, 0.1) is 21.9 Å². The number of rotatable bonds is 5. The van der Waals surface area contributed by atoms with E-state index in [-0.39, 0.29) is 12.7 Å². The second kappa shape index (κ2) is 11.0. The quantitative estimate of drug-likeness (QED) is 0.216. The van der Waals surface area contributed by atoms with E-state index in [2.05, 4.69) is 32.1 Å². The van der Waals surface area contributed by atoms with E-state index in [9.17, 15) is 4.79 Å². The van der Waals surface area contributed by atoms with Crippen LogP contribution in [0.15, 0.2) is 61.1 Å². The summed E-state index contributed by atoms with van der Waals surface area (Å²) in [5, 5.41) is 4.52. The number of ether oxygens (including phenoxy) is 2. The van der Waals surface area contributed by atoms with E-state index in [1.54, 1.807) is 23.2 Å². The monoisotopic (exact) mass is 582 g/mol.